The molecule has 0 saturated carbocycles. The van der Waals surface area contributed by atoms with Crippen LogP contribution in [-0.4, -0.2) is 16.0 Å². The summed E-state index contributed by atoms with van der Waals surface area (Å²) in [5, 5.41) is 9.22. The van der Waals surface area contributed by atoms with E-state index in [2.05, 4.69) is 23.2 Å². The van der Waals surface area contributed by atoms with Crippen molar-refractivity contribution in [3.8, 4) is 5.75 Å². The molecule has 28 heavy (non-hydrogen) atoms. The first-order valence-electron chi connectivity index (χ1n) is 8.79. The van der Waals surface area contributed by atoms with Crippen molar-refractivity contribution >= 4 is 29.1 Å². The first kappa shape index (κ1) is 20.4. The quantitative estimate of drug-likeness (QED) is 0.362. The lowest BCUT2D eigenvalue weighted by Crippen LogP contribution is -2.05. The second kappa shape index (κ2) is 8.80. The predicted octanol–water partition coefficient (Wildman–Crippen LogP) is 5.72. The molecular weight excluding hydrogens is 396 g/mol. The number of nitrogens with zero attached hydrogens (tertiary/aromatic N) is 2. The van der Waals surface area contributed by atoms with Crippen LogP contribution < -0.4 is 4.74 Å². The minimum absolute atomic E-state index is 0.0840. The van der Waals surface area contributed by atoms with Crippen molar-refractivity contribution < 1.29 is 13.9 Å². The zero-order chi connectivity index (χ0) is 20.3. The topological polar surface area (TPSA) is 65.2 Å². The number of rotatable bonds is 7. The summed E-state index contributed by atoms with van der Waals surface area (Å²) in [6.07, 6.45) is 0. The highest BCUT2D eigenvalue weighted by atomic mass is 35.5. The molecule has 1 aromatic heterocycles. The van der Waals surface area contributed by atoms with Crippen molar-refractivity contribution in [3.05, 3.63) is 69.1 Å². The summed E-state index contributed by atoms with van der Waals surface area (Å²) >= 11 is 7.31. The number of hydrogen-bond acceptors (Lipinski definition) is 6. The van der Waals surface area contributed by atoms with Gasteiger partial charge < -0.3 is 9.15 Å². The third-order valence-electron chi connectivity index (χ3n) is 4.45. The fourth-order valence-electron chi connectivity index (χ4n) is 3.15. The molecule has 3 aromatic rings. The summed E-state index contributed by atoms with van der Waals surface area (Å²) in [7, 11) is 0. The Kier molecular flexibility index (Phi) is 6.42. The number of aromatic nitrogens is 2. The molecule has 146 valence electrons. The number of Topliss-reactive ketones (excluding diaryl/α,β-unsaturated/α-hetero) is 1. The number of carbonyl (C=O) groups excluding carboxylic acids is 1. The molecule has 0 bridgehead atoms. The number of thioether (sulfide) groups is 1. The van der Waals surface area contributed by atoms with E-state index in [9.17, 15) is 4.79 Å². The smallest absolute Gasteiger partial charge is 0.277 e. The molecule has 0 unspecified atom stereocenters. The molecule has 3 rings (SSSR count). The first-order valence-corrected chi connectivity index (χ1v) is 10.2. The molecular formula is C21H21ClN2O3S. The van der Waals surface area contributed by atoms with Crippen LogP contribution in [0, 0.1) is 20.8 Å². The van der Waals surface area contributed by atoms with E-state index in [-0.39, 0.29) is 12.4 Å². The molecule has 0 N–H and O–H groups in total. The lowest BCUT2D eigenvalue weighted by atomic mass is 9.92. The van der Waals surface area contributed by atoms with E-state index in [0.29, 0.717) is 27.6 Å². The van der Waals surface area contributed by atoms with Crippen molar-refractivity contribution in [1.82, 2.24) is 10.2 Å². The maximum absolute atomic E-state index is 12.0. The van der Waals surface area contributed by atoms with Gasteiger partial charge in [0.1, 0.15) is 5.75 Å². The van der Waals surface area contributed by atoms with Crippen molar-refractivity contribution in [2.75, 3.05) is 0 Å². The average molecular weight is 417 g/mol. The van der Waals surface area contributed by atoms with Gasteiger partial charge in [-0.15, -0.1) is 10.2 Å². The summed E-state index contributed by atoms with van der Waals surface area (Å²) in [5.41, 5.74) is 5.10. The SMILES string of the molecule is CC(=O)c1c(C)cc(C)c(CSc2nnc(COc3ccc(Cl)cc3)o2)c1C. The third-order valence-corrected chi connectivity index (χ3v) is 5.54. The zero-order valence-corrected chi connectivity index (χ0v) is 17.8. The van der Waals surface area contributed by atoms with Crippen LogP contribution in [0.4, 0.5) is 0 Å². The monoisotopic (exact) mass is 416 g/mol. The van der Waals surface area contributed by atoms with Crippen LogP contribution in [0.2, 0.25) is 5.02 Å². The number of hydrogen-bond donors (Lipinski definition) is 0. The maximum Gasteiger partial charge on any atom is 0.277 e. The Hall–Kier alpha value is -2.31. The highest BCUT2D eigenvalue weighted by molar-refractivity contribution is 7.98. The molecule has 0 aliphatic rings. The average Bonchev–Trinajstić information content (AvgIpc) is 3.08. The molecule has 0 amide bonds. The lowest BCUT2D eigenvalue weighted by molar-refractivity contribution is 0.101. The molecule has 0 radical (unpaired) electrons. The summed E-state index contributed by atoms with van der Waals surface area (Å²) in [4.78, 5) is 12.0. The summed E-state index contributed by atoms with van der Waals surface area (Å²) in [5.74, 6) is 1.82. The largest absolute Gasteiger partial charge is 0.484 e. The van der Waals surface area contributed by atoms with E-state index in [1.807, 2.05) is 13.8 Å². The second-order valence-electron chi connectivity index (χ2n) is 6.54. The van der Waals surface area contributed by atoms with Gasteiger partial charge in [-0.25, -0.2) is 0 Å². The van der Waals surface area contributed by atoms with E-state index >= 15 is 0 Å². The number of benzene rings is 2. The normalized spacial score (nSPS) is 10.9. The minimum atomic E-state index is 0.0840. The second-order valence-corrected chi connectivity index (χ2v) is 7.90. The van der Waals surface area contributed by atoms with Gasteiger partial charge in [0, 0.05) is 16.3 Å². The molecule has 1 heterocycles. The van der Waals surface area contributed by atoms with Gasteiger partial charge >= 0.3 is 0 Å². The van der Waals surface area contributed by atoms with Crippen LogP contribution in [0.15, 0.2) is 40.0 Å². The van der Waals surface area contributed by atoms with E-state index < -0.39 is 0 Å². The Bertz CT molecular complexity index is 1000. The Labute approximate surface area is 173 Å². The zero-order valence-electron chi connectivity index (χ0n) is 16.2. The van der Waals surface area contributed by atoms with E-state index in [4.69, 9.17) is 20.8 Å². The van der Waals surface area contributed by atoms with Crippen molar-refractivity contribution in [2.24, 2.45) is 0 Å². The fraction of sp³-hybridized carbons (Fsp3) is 0.286. The van der Waals surface area contributed by atoms with Gasteiger partial charge in [0.2, 0.25) is 0 Å². The van der Waals surface area contributed by atoms with Gasteiger partial charge in [0.25, 0.3) is 11.1 Å². The van der Waals surface area contributed by atoms with Gasteiger partial charge in [-0.3, -0.25) is 4.79 Å². The number of carbonyl (C=O) groups is 1. The Morgan fingerprint density at radius 1 is 1.14 bits per heavy atom. The Morgan fingerprint density at radius 3 is 2.54 bits per heavy atom. The van der Waals surface area contributed by atoms with Crippen molar-refractivity contribution in [3.63, 3.8) is 0 Å². The number of ether oxygens (including phenoxy) is 1. The standard InChI is InChI=1S/C21H21ClN2O3S/c1-12-9-13(2)20(15(4)25)14(3)18(12)11-28-21-24-23-19(27-21)10-26-17-7-5-16(22)6-8-17/h5-9H,10-11H2,1-4H3. The van der Waals surface area contributed by atoms with E-state index in [0.717, 1.165) is 27.8 Å². The highest BCUT2D eigenvalue weighted by Crippen LogP contribution is 2.29. The Morgan fingerprint density at radius 2 is 1.86 bits per heavy atom. The number of ketones is 1. The van der Waals surface area contributed by atoms with Crippen LogP contribution in [0.25, 0.3) is 0 Å². The van der Waals surface area contributed by atoms with Crippen molar-refractivity contribution in [1.29, 1.82) is 0 Å². The van der Waals surface area contributed by atoms with Gasteiger partial charge in [-0.2, -0.15) is 0 Å². The predicted molar refractivity (Wildman–Crippen MR) is 110 cm³/mol. The molecule has 5 nitrogen and oxygen atoms in total. The maximum atomic E-state index is 12.0. The Balaban J connectivity index is 1.65. The molecule has 2 aromatic carbocycles. The van der Waals surface area contributed by atoms with Gasteiger partial charge in [0.15, 0.2) is 12.4 Å². The van der Waals surface area contributed by atoms with Crippen molar-refractivity contribution in [2.45, 2.75) is 45.3 Å². The summed E-state index contributed by atoms with van der Waals surface area (Å²) in [6, 6.07) is 9.13. The molecule has 0 aliphatic carbocycles. The van der Waals surface area contributed by atoms with E-state index in [1.54, 1.807) is 31.2 Å². The molecule has 0 aliphatic heterocycles. The molecule has 0 saturated heterocycles. The van der Waals surface area contributed by atoms with Crippen LogP contribution in [-0.2, 0) is 12.4 Å². The fourth-order valence-corrected chi connectivity index (χ4v) is 4.25. The van der Waals surface area contributed by atoms with Gasteiger partial charge in [-0.1, -0.05) is 29.4 Å². The summed E-state index contributed by atoms with van der Waals surface area (Å²) in [6.45, 7) is 7.81. The van der Waals surface area contributed by atoms with Gasteiger partial charge in [-0.05, 0) is 74.2 Å². The van der Waals surface area contributed by atoms with E-state index in [1.165, 1.54) is 11.8 Å². The third kappa shape index (κ3) is 4.75. The summed E-state index contributed by atoms with van der Waals surface area (Å²) < 4.78 is 11.3. The highest BCUT2D eigenvalue weighted by Gasteiger charge is 2.16. The minimum Gasteiger partial charge on any atom is -0.484 e. The van der Waals surface area contributed by atoms with Crippen LogP contribution >= 0.6 is 23.4 Å². The molecule has 7 heteroatoms. The molecule has 0 spiro atoms. The lowest BCUT2D eigenvalue weighted by Gasteiger charge is -2.15. The first-order chi connectivity index (χ1) is 13.3. The van der Waals surface area contributed by atoms with Gasteiger partial charge in [0.05, 0.1) is 0 Å². The molecule has 0 atom stereocenters. The number of aryl methyl sites for hydroxylation is 2. The number of halogens is 1. The molecule has 0 fully saturated rings. The van der Waals surface area contributed by atoms with Crippen LogP contribution in [0.5, 0.6) is 5.75 Å². The van der Waals surface area contributed by atoms with Crippen LogP contribution in [0.1, 0.15) is 45.4 Å². The van der Waals surface area contributed by atoms with Crippen LogP contribution in [0.3, 0.4) is 0 Å².